The average Bonchev–Trinajstić information content (AvgIpc) is 3.18. The Bertz CT molecular complexity index is 605. The van der Waals surface area contributed by atoms with Crippen LogP contribution in [0.15, 0.2) is 5.16 Å². The van der Waals surface area contributed by atoms with Gasteiger partial charge in [0.1, 0.15) is 11.9 Å². The predicted octanol–water partition coefficient (Wildman–Crippen LogP) is 1.34. The number of hydrogen-bond donors (Lipinski definition) is 2. The number of carboxylic acid groups (broad SMARTS) is 1. The van der Waals surface area contributed by atoms with Gasteiger partial charge >= 0.3 is 5.97 Å². The van der Waals surface area contributed by atoms with Gasteiger partial charge in [-0.05, 0) is 31.4 Å². The Hall–Kier alpha value is -1.61. The second-order valence-electron chi connectivity index (χ2n) is 6.53. The lowest BCUT2D eigenvalue weighted by molar-refractivity contribution is -0.151. The van der Waals surface area contributed by atoms with Crippen molar-refractivity contribution in [2.45, 2.75) is 63.4 Å². The first-order valence-electron chi connectivity index (χ1n) is 8.54. The van der Waals surface area contributed by atoms with Crippen LogP contribution in [0.2, 0.25) is 0 Å². The summed E-state index contributed by atoms with van der Waals surface area (Å²) in [4.78, 5) is 22.9. The van der Waals surface area contributed by atoms with Crippen molar-refractivity contribution in [1.29, 1.82) is 0 Å². The molecule has 0 unspecified atom stereocenters. The fourth-order valence-corrected chi connectivity index (χ4v) is 3.31. The van der Waals surface area contributed by atoms with Crippen LogP contribution in [0.5, 0.6) is 0 Å². The highest BCUT2D eigenvalue weighted by molar-refractivity contribution is 7.98. The van der Waals surface area contributed by atoms with E-state index in [4.69, 9.17) is 9.84 Å². The maximum Gasteiger partial charge on any atom is 0.332 e. The molecule has 1 saturated heterocycles. The Balaban J connectivity index is 1.77. The second-order valence-corrected chi connectivity index (χ2v) is 7.30. The highest BCUT2D eigenvalue weighted by atomic mass is 32.2. The molecule has 1 fully saturated rings. The highest BCUT2D eigenvalue weighted by Gasteiger charge is 2.34. The summed E-state index contributed by atoms with van der Waals surface area (Å²) < 4.78 is 7.37. The number of aryl methyl sites for hydroxylation is 1. The van der Waals surface area contributed by atoms with E-state index in [0.717, 1.165) is 30.4 Å². The van der Waals surface area contributed by atoms with E-state index in [0.29, 0.717) is 25.3 Å². The molecule has 0 spiro atoms. The van der Waals surface area contributed by atoms with Crippen LogP contribution < -0.4 is 5.32 Å². The molecule has 0 aliphatic carbocycles. The Labute approximate surface area is 151 Å². The Morgan fingerprint density at radius 1 is 1.36 bits per heavy atom. The summed E-state index contributed by atoms with van der Waals surface area (Å²) in [7, 11) is 0. The molecule has 25 heavy (non-hydrogen) atoms. The number of aromatic nitrogens is 3. The molecule has 2 atom stereocenters. The number of carboxylic acids is 1. The number of carbonyl (C=O) groups excluding carboxylic acids is 1. The number of aliphatic carboxylic acids is 1. The summed E-state index contributed by atoms with van der Waals surface area (Å²) in [6, 6.07) is 0. The zero-order chi connectivity index (χ0) is 18.4. The van der Waals surface area contributed by atoms with Gasteiger partial charge < -0.3 is 19.7 Å². The standard InChI is InChI=1S/C16H26N4O4S/c1-10(2)9-20-13(18-19-16(20)25-3)5-4-8-17-14(21)11-6-7-12(24-11)15(22)23/h10-12H,4-9H2,1-3H3,(H,17,21)(H,22,23)/t11-,12+/m0/s1. The molecule has 9 heteroatoms. The van der Waals surface area contributed by atoms with Crippen LogP contribution in [0.1, 0.15) is 38.9 Å². The minimum absolute atomic E-state index is 0.239. The third-order valence-electron chi connectivity index (χ3n) is 3.99. The molecule has 1 aliphatic rings. The summed E-state index contributed by atoms with van der Waals surface area (Å²) in [5.74, 6) is 0.180. The van der Waals surface area contributed by atoms with Gasteiger partial charge in [-0.1, -0.05) is 25.6 Å². The fraction of sp³-hybridized carbons (Fsp3) is 0.750. The quantitative estimate of drug-likeness (QED) is 0.499. The first-order valence-corrected chi connectivity index (χ1v) is 9.76. The van der Waals surface area contributed by atoms with Crippen LogP contribution in [-0.4, -0.2) is 56.8 Å². The molecule has 1 aliphatic heterocycles. The molecule has 2 heterocycles. The lowest BCUT2D eigenvalue weighted by Crippen LogP contribution is -2.36. The topological polar surface area (TPSA) is 106 Å². The number of carbonyl (C=O) groups is 2. The van der Waals surface area contributed by atoms with E-state index in [1.54, 1.807) is 11.8 Å². The molecule has 1 aromatic heterocycles. The van der Waals surface area contributed by atoms with Gasteiger partial charge in [-0.25, -0.2) is 4.79 Å². The maximum atomic E-state index is 12.0. The van der Waals surface area contributed by atoms with Gasteiger partial charge in [-0.2, -0.15) is 0 Å². The normalized spacial score (nSPS) is 20.2. The number of ether oxygens (including phenoxy) is 1. The van der Waals surface area contributed by atoms with Crippen LogP contribution in [0.4, 0.5) is 0 Å². The van der Waals surface area contributed by atoms with Crippen molar-refractivity contribution in [2.24, 2.45) is 5.92 Å². The van der Waals surface area contributed by atoms with Gasteiger partial charge in [0.2, 0.25) is 5.91 Å². The fourth-order valence-electron chi connectivity index (χ4n) is 2.79. The van der Waals surface area contributed by atoms with Crippen molar-refractivity contribution >= 4 is 23.6 Å². The van der Waals surface area contributed by atoms with Gasteiger partial charge in [0.25, 0.3) is 0 Å². The van der Waals surface area contributed by atoms with E-state index < -0.39 is 18.2 Å². The average molecular weight is 370 g/mol. The third kappa shape index (κ3) is 5.43. The Morgan fingerprint density at radius 2 is 2.08 bits per heavy atom. The summed E-state index contributed by atoms with van der Waals surface area (Å²) in [5.41, 5.74) is 0. The van der Waals surface area contributed by atoms with E-state index in [2.05, 4.69) is 33.9 Å². The van der Waals surface area contributed by atoms with E-state index in [1.807, 2.05) is 6.26 Å². The van der Waals surface area contributed by atoms with Crippen molar-refractivity contribution in [3.63, 3.8) is 0 Å². The van der Waals surface area contributed by atoms with Crippen LogP contribution in [-0.2, 0) is 27.3 Å². The van der Waals surface area contributed by atoms with E-state index in [1.165, 1.54) is 0 Å². The molecule has 1 amide bonds. The van der Waals surface area contributed by atoms with Gasteiger partial charge in [0, 0.05) is 19.5 Å². The van der Waals surface area contributed by atoms with Crippen molar-refractivity contribution < 1.29 is 19.4 Å². The predicted molar refractivity (Wildman–Crippen MR) is 93.5 cm³/mol. The van der Waals surface area contributed by atoms with Crippen LogP contribution in [0, 0.1) is 5.92 Å². The number of rotatable bonds is 9. The van der Waals surface area contributed by atoms with E-state index in [-0.39, 0.29) is 5.91 Å². The molecule has 0 aromatic carbocycles. The molecule has 0 radical (unpaired) electrons. The Kier molecular flexibility index (Phi) is 7.24. The van der Waals surface area contributed by atoms with Gasteiger partial charge in [0.15, 0.2) is 11.3 Å². The summed E-state index contributed by atoms with van der Waals surface area (Å²) in [6.07, 6.45) is 2.75. The minimum atomic E-state index is -1.01. The minimum Gasteiger partial charge on any atom is -0.479 e. The number of hydrogen-bond acceptors (Lipinski definition) is 6. The molecular weight excluding hydrogens is 344 g/mol. The van der Waals surface area contributed by atoms with Crippen LogP contribution in [0.25, 0.3) is 0 Å². The monoisotopic (exact) mass is 370 g/mol. The van der Waals surface area contributed by atoms with Crippen molar-refractivity contribution in [2.75, 3.05) is 12.8 Å². The first-order chi connectivity index (χ1) is 11.9. The molecule has 0 saturated carbocycles. The highest BCUT2D eigenvalue weighted by Crippen LogP contribution is 2.20. The van der Waals surface area contributed by atoms with E-state index in [9.17, 15) is 9.59 Å². The van der Waals surface area contributed by atoms with Crippen molar-refractivity contribution in [3.8, 4) is 0 Å². The molecule has 140 valence electrons. The number of amides is 1. The summed E-state index contributed by atoms with van der Waals surface area (Å²) in [6.45, 7) is 5.68. The van der Waals surface area contributed by atoms with Crippen LogP contribution >= 0.6 is 11.8 Å². The molecule has 2 N–H and O–H groups in total. The van der Waals surface area contributed by atoms with Crippen molar-refractivity contribution in [1.82, 2.24) is 20.1 Å². The smallest absolute Gasteiger partial charge is 0.332 e. The van der Waals surface area contributed by atoms with Crippen LogP contribution in [0.3, 0.4) is 0 Å². The van der Waals surface area contributed by atoms with Gasteiger partial charge in [-0.3, -0.25) is 4.79 Å². The summed E-state index contributed by atoms with van der Waals surface area (Å²) in [5, 5.41) is 21.1. The second kappa shape index (κ2) is 9.19. The lowest BCUT2D eigenvalue weighted by atomic mass is 10.2. The maximum absolute atomic E-state index is 12.0. The van der Waals surface area contributed by atoms with Crippen molar-refractivity contribution in [3.05, 3.63) is 5.82 Å². The molecular formula is C16H26N4O4S. The first kappa shape index (κ1) is 19.7. The lowest BCUT2D eigenvalue weighted by Gasteiger charge is -2.13. The van der Waals surface area contributed by atoms with Gasteiger partial charge in [-0.15, -0.1) is 10.2 Å². The molecule has 0 bridgehead atoms. The largest absolute Gasteiger partial charge is 0.479 e. The number of nitrogens with one attached hydrogen (secondary N) is 1. The molecule has 8 nitrogen and oxygen atoms in total. The van der Waals surface area contributed by atoms with Gasteiger partial charge in [0.05, 0.1) is 0 Å². The molecule has 2 rings (SSSR count). The third-order valence-corrected chi connectivity index (χ3v) is 4.65. The zero-order valence-corrected chi connectivity index (χ0v) is 15.7. The Morgan fingerprint density at radius 3 is 2.68 bits per heavy atom. The molecule has 1 aromatic rings. The SMILES string of the molecule is CSc1nnc(CCCNC(=O)[C@@H]2CC[C@H](C(=O)O)O2)n1CC(C)C. The zero-order valence-electron chi connectivity index (χ0n) is 14.9. The number of nitrogens with zero attached hydrogens (tertiary/aromatic N) is 3. The number of thioether (sulfide) groups is 1. The summed E-state index contributed by atoms with van der Waals surface area (Å²) >= 11 is 1.58. The van der Waals surface area contributed by atoms with E-state index >= 15 is 0 Å².